The number of nitrogens with zero attached hydrogens (tertiary/aromatic N) is 2. The van der Waals surface area contributed by atoms with Crippen LogP contribution in [0, 0.1) is 0 Å². The van der Waals surface area contributed by atoms with Gasteiger partial charge >= 0.3 is 0 Å². The number of rotatable bonds is 6. The van der Waals surface area contributed by atoms with E-state index in [1.165, 1.54) is 11.8 Å². The van der Waals surface area contributed by atoms with E-state index in [1.807, 2.05) is 83.6 Å². The summed E-state index contributed by atoms with van der Waals surface area (Å²) in [4.78, 5) is 17.4. The number of benzene rings is 3. The number of hydrogen-bond donors (Lipinski definition) is 1. The number of amides is 1. The minimum Gasteiger partial charge on any atom is -0.486 e. The highest BCUT2D eigenvalue weighted by Gasteiger charge is 2.15. The molecular formula is C25H21N3O3S. The van der Waals surface area contributed by atoms with Crippen LogP contribution in [0.3, 0.4) is 0 Å². The molecule has 160 valence electrons. The molecule has 7 heteroatoms. The molecule has 0 spiro atoms. The first-order valence-electron chi connectivity index (χ1n) is 10.3. The summed E-state index contributed by atoms with van der Waals surface area (Å²) < 4.78 is 13.1. The van der Waals surface area contributed by atoms with Crippen molar-refractivity contribution >= 4 is 23.4 Å². The summed E-state index contributed by atoms with van der Waals surface area (Å²) in [7, 11) is 0. The van der Waals surface area contributed by atoms with E-state index < -0.39 is 0 Å². The van der Waals surface area contributed by atoms with Crippen molar-refractivity contribution in [2.75, 3.05) is 24.3 Å². The van der Waals surface area contributed by atoms with Crippen LogP contribution in [0.5, 0.6) is 11.5 Å². The molecule has 0 atom stereocenters. The summed E-state index contributed by atoms with van der Waals surface area (Å²) in [6.45, 7) is 1.04. The normalized spacial score (nSPS) is 12.4. The standard InChI is InChI=1S/C25H21N3O3S/c29-24(26-19-11-12-22-23(15-19)31-14-13-30-22)17-32-25-27-21(18-7-3-1-4-8-18)16-28(25)20-9-5-2-6-10-20/h1-12,15-16H,13-14,17H2,(H,26,29). The molecule has 0 radical (unpaired) electrons. The van der Waals surface area contributed by atoms with Gasteiger partial charge in [0.2, 0.25) is 5.91 Å². The van der Waals surface area contributed by atoms with Crippen molar-refractivity contribution in [2.24, 2.45) is 0 Å². The van der Waals surface area contributed by atoms with Crippen LogP contribution < -0.4 is 14.8 Å². The van der Waals surface area contributed by atoms with Gasteiger partial charge in [-0.25, -0.2) is 4.98 Å². The lowest BCUT2D eigenvalue weighted by molar-refractivity contribution is -0.113. The van der Waals surface area contributed by atoms with Crippen LogP contribution in [-0.2, 0) is 4.79 Å². The summed E-state index contributed by atoms with van der Waals surface area (Å²) in [5.41, 5.74) is 3.57. The first kappa shape index (κ1) is 20.2. The van der Waals surface area contributed by atoms with Crippen LogP contribution in [-0.4, -0.2) is 34.4 Å². The fourth-order valence-corrected chi connectivity index (χ4v) is 4.23. The van der Waals surface area contributed by atoms with Crippen molar-refractivity contribution in [1.29, 1.82) is 0 Å². The number of imidazole rings is 1. The number of carbonyl (C=O) groups is 1. The molecule has 0 saturated heterocycles. The van der Waals surface area contributed by atoms with Gasteiger partial charge in [0.1, 0.15) is 13.2 Å². The molecule has 6 nitrogen and oxygen atoms in total. The van der Waals surface area contributed by atoms with E-state index in [9.17, 15) is 4.79 Å². The van der Waals surface area contributed by atoms with E-state index in [-0.39, 0.29) is 11.7 Å². The molecular weight excluding hydrogens is 422 g/mol. The number of aromatic nitrogens is 2. The second kappa shape index (κ2) is 9.20. The first-order chi connectivity index (χ1) is 15.8. The molecule has 0 unspecified atom stereocenters. The molecule has 1 N–H and O–H groups in total. The van der Waals surface area contributed by atoms with Crippen LogP contribution in [0.15, 0.2) is 90.2 Å². The highest BCUT2D eigenvalue weighted by Crippen LogP contribution is 2.33. The zero-order valence-corrected chi connectivity index (χ0v) is 18.0. The molecule has 5 rings (SSSR count). The maximum absolute atomic E-state index is 12.6. The van der Waals surface area contributed by atoms with Crippen molar-refractivity contribution in [3.05, 3.63) is 85.1 Å². The lowest BCUT2D eigenvalue weighted by Gasteiger charge is -2.19. The van der Waals surface area contributed by atoms with E-state index in [0.29, 0.717) is 30.4 Å². The molecule has 1 aliphatic rings. The summed E-state index contributed by atoms with van der Waals surface area (Å²) in [6, 6.07) is 25.4. The van der Waals surface area contributed by atoms with Gasteiger partial charge < -0.3 is 14.8 Å². The number of carbonyl (C=O) groups excluding carboxylic acids is 1. The molecule has 0 fully saturated rings. The Kier molecular flexibility index (Phi) is 5.81. The summed E-state index contributed by atoms with van der Waals surface area (Å²) >= 11 is 1.40. The number of ether oxygens (including phenoxy) is 2. The third-order valence-electron chi connectivity index (χ3n) is 4.94. The number of hydrogen-bond acceptors (Lipinski definition) is 5. The minimum atomic E-state index is -0.115. The van der Waals surface area contributed by atoms with Crippen LogP contribution >= 0.6 is 11.8 Å². The van der Waals surface area contributed by atoms with Crippen LogP contribution in [0.2, 0.25) is 0 Å². The Hall–Kier alpha value is -3.71. The molecule has 0 saturated carbocycles. The predicted octanol–water partition coefficient (Wildman–Crippen LogP) is 5.04. The number of nitrogens with one attached hydrogen (secondary N) is 1. The molecule has 4 aromatic rings. The van der Waals surface area contributed by atoms with E-state index >= 15 is 0 Å². The first-order valence-corrected chi connectivity index (χ1v) is 11.3. The van der Waals surface area contributed by atoms with Crippen molar-refractivity contribution in [3.8, 4) is 28.4 Å². The molecule has 1 aromatic heterocycles. The average Bonchev–Trinajstić information content (AvgIpc) is 3.28. The lowest BCUT2D eigenvalue weighted by Crippen LogP contribution is -2.17. The Morgan fingerprint density at radius 1 is 0.938 bits per heavy atom. The highest BCUT2D eigenvalue weighted by atomic mass is 32.2. The van der Waals surface area contributed by atoms with Crippen molar-refractivity contribution in [3.63, 3.8) is 0 Å². The number of thioether (sulfide) groups is 1. The lowest BCUT2D eigenvalue weighted by atomic mass is 10.2. The number of para-hydroxylation sites is 1. The second-order valence-electron chi connectivity index (χ2n) is 7.18. The van der Waals surface area contributed by atoms with E-state index in [1.54, 1.807) is 6.07 Å². The Labute approximate surface area is 190 Å². The summed E-state index contributed by atoms with van der Waals surface area (Å²) in [5, 5.41) is 3.68. The van der Waals surface area contributed by atoms with Crippen molar-refractivity contribution < 1.29 is 14.3 Å². The smallest absolute Gasteiger partial charge is 0.234 e. The summed E-state index contributed by atoms with van der Waals surface area (Å²) in [5.74, 6) is 1.46. The van der Waals surface area contributed by atoms with Crippen LogP contribution in [0.1, 0.15) is 0 Å². The summed E-state index contributed by atoms with van der Waals surface area (Å²) in [6.07, 6.45) is 2.01. The van der Waals surface area contributed by atoms with Crippen molar-refractivity contribution in [2.45, 2.75) is 5.16 Å². The van der Waals surface area contributed by atoms with Gasteiger partial charge in [-0.05, 0) is 24.3 Å². The van der Waals surface area contributed by atoms with Crippen molar-refractivity contribution in [1.82, 2.24) is 9.55 Å². The second-order valence-corrected chi connectivity index (χ2v) is 8.12. The molecule has 1 amide bonds. The Balaban J connectivity index is 1.33. The number of anilines is 1. The van der Waals surface area contributed by atoms with Gasteiger partial charge in [-0.1, -0.05) is 60.3 Å². The maximum Gasteiger partial charge on any atom is 0.234 e. The topological polar surface area (TPSA) is 65.4 Å². The molecule has 1 aliphatic heterocycles. The van der Waals surface area contributed by atoms with E-state index in [4.69, 9.17) is 14.5 Å². The van der Waals surface area contributed by atoms with E-state index in [2.05, 4.69) is 5.32 Å². The van der Waals surface area contributed by atoms with E-state index in [0.717, 1.165) is 22.1 Å². The van der Waals surface area contributed by atoms with Gasteiger partial charge in [0.25, 0.3) is 0 Å². The number of fused-ring (bicyclic) bond motifs is 1. The van der Waals surface area contributed by atoms with Crippen LogP contribution in [0.4, 0.5) is 5.69 Å². The molecule has 2 heterocycles. The fraction of sp³-hybridized carbons (Fsp3) is 0.120. The zero-order valence-electron chi connectivity index (χ0n) is 17.2. The molecule has 0 bridgehead atoms. The van der Waals surface area contributed by atoms with Gasteiger partial charge in [-0.2, -0.15) is 0 Å². The zero-order chi connectivity index (χ0) is 21.8. The van der Waals surface area contributed by atoms with Gasteiger partial charge in [0, 0.05) is 29.2 Å². The van der Waals surface area contributed by atoms with Gasteiger partial charge in [0.15, 0.2) is 16.7 Å². The maximum atomic E-state index is 12.6. The Morgan fingerprint density at radius 3 is 2.44 bits per heavy atom. The Morgan fingerprint density at radius 2 is 1.66 bits per heavy atom. The van der Waals surface area contributed by atoms with Crippen LogP contribution in [0.25, 0.3) is 16.9 Å². The Bertz CT molecular complexity index is 1230. The monoisotopic (exact) mass is 443 g/mol. The molecule has 32 heavy (non-hydrogen) atoms. The average molecular weight is 444 g/mol. The molecule has 0 aliphatic carbocycles. The third-order valence-corrected chi connectivity index (χ3v) is 5.89. The SMILES string of the molecule is O=C(CSc1nc(-c2ccccc2)cn1-c1ccccc1)Nc1ccc2c(c1)OCCO2. The largest absolute Gasteiger partial charge is 0.486 e. The third kappa shape index (κ3) is 4.48. The minimum absolute atomic E-state index is 0.115. The van der Waals surface area contributed by atoms with Gasteiger partial charge in [-0.3, -0.25) is 9.36 Å². The quantitative estimate of drug-likeness (QED) is 0.423. The highest BCUT2D eigenvalue weighted by molar-refractivity contribution is 7.99. The van der Waals surface area contributed by atoms with Gasteiger partial charge in [0.05, 0.1) is 11.4 Å². The fourth-order valence-electron chi connectivity index (χ4n) is 3.43. The van der Waals surface area contributed by atoms with Gasteiger partial charge in [-0.15, -0.1) is 0 Å². The molecule has 3 aromatic carbocycles. The predicted molar refractivity (Wildman–Crippen MR) is 126 cm³/mol.